The normalized spacial score (nSPS) is 11.8. The van der Waals surface area contributed by atoms with Gasteiger partial charge in [0.1, 0.15) is 0 Å². The SMILES string of the molecule is Cc1nn(-c2ccccc2)c(C)c1CCC(=O)Nc1ccccc1C(=O)Nc1ccc2c(c1)OCO2. The number of hydrogen-bond donors (Lipinski definition) is 2. The smallest absolute Gasteiger partial charge is 0.257 e. The van der Waals surface area contributed by atoms with Gasteiger partial charge in [-0.15, -0.1) is 0 Å². The quantitative estimate of drug-likeness (QED) is 0.385. The number of benzene rings is 3. The molecule has 0 radical (unpaired) electrons. The summed E-state index contributed by atoms with van der Waals surface area (Å²) in [6, 6.07) is 22.0. The van der Waals surface area contributed by atoms with E-state index in [1.165, 1.54) is 0 Å². The average molecular weight is 483 g/mol. The molecule has 8 nitrogen and oxygen atoms in total. The van der Waals surface area contributed by atoms with Crippen LogP contribution in [0.15, 0.2) is 72.8 Å². The lowest BCUT2D eigenvalue weighted by molar-refractivity contribution is -0.116. The lowest BCUT2D eigenvalue weighted by Crippen LogP contribution is -2.18. The third kappa shape index (κ3) is 4.79. The largest absolute Gasteiger partial charge is 0.454 e. The lowest BCUT2D eigenvalue weighted by atomic mass is 10.1. The summed E-state index contributed by atoms with van der Waals surface area (Å²) < 4.78 is 12.6. The number of carbonyl (C=O) groups excluding carboxylic acids is 2. The van der Waals surface area contributed by atoms with E-state index >= 15 is 0 Å². The molecule has 182 valence electrons. The van der Waals surface area contributed by atoms with E-state index in [-0.39, 0.29) is 25.0 Å². The van der Waals surface area contributed by atoms with E-state index in [9.17, 15) is 9.59 Å². The van der Waals surface area contributed by atoms with Gasteiger partial charge < -0.3 is 20.1 Å². The van der Waals surface area contributed by atoms with Crippen LogP contribution >= 0.6 is 0 Å². The number of aryl methyl sites for hydroxylation is 1. The molecular formula is C28H26N4O4. The second kappa shape index (κ2) is 9.95. The molecule has 0 aliphatic carbocycles. The van der Waals surface area contributed by atoms with Crippen molar-refractivity contribution in [3.8, 4) is 17.2 Å². The van der Waals surface area contributed by atoms with Gasteiger partial charge in [-0.1, -0.05) is 30.3 Å². The summed E-state index contributed by atoms with van der Waals surface area (Å²) in [6.07, 6.45) is 0.808. The fraction of sp³-hybridized carbons (Fsp3) is 0.179. The molecule has 0 spiro atoms. The van der Waals surface area contributed by atoms with Crippen molar-refractivity contribution in [1.29, 1.82) is 0 Å². The van der Waals surface area contributed by atoms with Crippen LogP contribution in [0, 0.1) is 13.8 Å². The highest BCUT2D eigenvalue weighted by Gasteiger charge is 2.18. The molecule has 0 fully saturated rings. The Labute approximate surface area is 208 Å². The first kappa shape index (κ1) is 23.2. The maximum absolute atomic E-state index is 13.0. The predicted molar refractivity (Wildman–Crippen MR) is 137 cm³/mol. The highest BCUT2D eigenvalue weighted by atomic mass is 16.7. The molecule has 0 unspecified atom stereocenters. The molecule has 3 aromatic carbocycles. The number of hydrogen-bond acceptors (Lipinski definition) is 5. The van der Waals surface area contributed by atoms with Crippen molar-refractivity contribution >= 4 is 23.2 Å². The minimum atomic E-state index is -0.333. The van der Waals surface area contributed by atoms with E-state index in [1.807, 2.05) is 48.9 Å². The fourth-order valence-corrected chi connectivity index (χ4v) is 4.27. The molecule has 2 heterocycles. The first-order valence-corrected chi connectivity index (χ1v) is 11.7. The van der Waals surface area contributed by atoms with Crippen molar-refractivity contribution in [2.75, 3.05) is 17.4 Å². The van der Waals surface area contributed by atoms with Gasteiger partial charge >= 0.3 is 0 Å². The summed E-state index contributed by atoms with van der Waals surface area (Å²) in [5.74, 6) is 0.709. The number of amides is 2. The van der Waals surface area contributed by atoms with Gasteiger partial charge in [-0.3, -0.25) is 9.59 Å². The van der Waals surface area contributed by atoms with E-state index < -0.39 is 0 Å². The number of ether oxygens (including phenoxy) is 2. The van der Waals surface area contributed by atoms with Crippen LogP contribution in [-0.4, -0.2) is 28.4 Å². The third-order valence-corrected chi connectivity index (χ3v) is 6.12. The molecule has 5 rings (SSSR count). The Morgan fingerprint density at radius 2 is 1.67 bits per heavy atom. The average Bonchev–Trinajstić information content (AvgIpc) is 3.47. The second-order valence-corrected chi connectivity index (χ2v) is 8.51. The van der Waals surface area contributed by atoms with Crippen molar-refractivity contribution in [2.45, 2.75) is 26.7 Å². The molecule has 0 atom stereocenters. The zero-order chi connectivity index (χ0) is 25.1. The van der Waals surface area contributed by atoms with E-state index in [4.69, 9.17) is 9.47 Å². The van der Waals surface area contributed by atoms with Gasteiger partial charge in [0.2, 0.25) is 12.7 Å². The van der Waals surface area contributed by atoms with Crippen LogP contribution in [0.5, 0.6) is 11.5 Å². The minimum absolute atomic E-state index is 0.160. The highest BCUT2D eigenvalue weighted by Crippen LogP contribution is 2.34. The topological polar surface area (TPSA) is 94.5 Å². The molecule has 1 aliphatic rings. The van der Waals surface area contributed by atoms with Crippen molar-refractivity contribution < 1.29 is 19.1 Å². The molecular weight excluding hydrogens is 456 g/mol. The summed E-state index contributed by atoms with van der Waals surface area (Å²) in [4.78, 5) is 25.8. The van der Waals surface area contributed by atoms with Gasteiger partial charge in [-0.05, 0) is 62.2 Å². The molecule has 0 bridgehead atoms. The van der Waals surface area contributed by atoms with Crippen LogP contribution in [0.25, 0.3) is 5.69 Å². The van der Waals surface area contributed by atoms with Crippen LogP contribution in [0.2, 0.25) is 0 Å². The molecule has 1 aliphatic heterocycles. The molecule has 0 saturated carbocycles. The standard InChI is InChI=1S/C28H26N4O4/c1-18-22(19(2)32(31-18)21-8-4-3-5-9-21)13-15-27(33)30-24-11-7-6-10-23(24)28(34)29-20-12-14-25-26(16-20)36-17-35-25/h3-12,14,16H,13,15,17H2,1-2H3,(H,29,34)(H,30,33). The molecule has 4 aromatic rings. The zero-order valence-corrected chi connectivity index (χ0v) is 20.1. The summed E-state index contributed by atoms with van der Waals surface area (Å²) in [5, 5.41) is 10.4. The molecule has 36 heavy (non-hydrogen) atoms. The van der Waals surface area contributed by atoms with E-state index in [0.29, 0.717) is 34.9 Å². The third-order valence-electron chi connectivity index (χ3n) is 6.12. The van der Waals surface area contributed by atoms with Crippen molar-refractivity contribution in [3.63, 3.8) is 0 Å². The van der Waals surface area contributed by atoms with Crippen LogP contribution in [0.3, 0.4) is 0 Å². The number of anilines is 2. The van der Waals surface area contributed by atoms with Crippen LogP contribution in [-0.2, 0) is 11.2 Å². The Kier molecular flexibility index (Phi) is 6.40. The molecule has 2 amide bonds. The number of nitrogens with one attached hydrogen (secondary N) is 2. The number of fused-ring (bicyclic) bond motifs is 1. The first-order valence-electron chi connectivity index (χ1n) is 11.7. The number of para-hydroxylation sites is 2. The van der Waals surface area contributed by atoms with E-state index in [0.717, 1.165) is 22.6 Å². The lowest BCUT2D eigenvalue weighted by Gasteiger charge is -2.12. The summed E-state index contributed by atoms with van der Waals surface area (Å²) in [7, 11) is 0. The van der Waals surface area contributed by atoms with Gasteiger partial charge in [0.05, 0.1) is 22.6 Å². The predicted octanol–water partition coefficient (Wildman–Crippen LogP) is 5.04. The number of aromatic nitrogens is 2. The summed E-state index contributed by atoms with van der Waals surface area (Å²) in [5.41, 5.74) is 5.33. The summed E-state index contributed by atoms with van der Waals surface area (Å²) >= 11 is 0. The van der Waals surface area contributed by atoms with Crippen LogP contribution in [0.4, 0.5) is 11.4 Å². The number of rotatable bonds is 7. The van der Waals surface area contributed by atoms with Crippen molar-refractivity contribution in [1.82, 2.24) is 9.78 Å². The first-order chi connectivity index (χ1) is 17.5. The monoisotopic (exact) mass is 482 g/mol. The number of nitrogens with zero attached hydrogens (tertiary/aromatic N) is 2. The highest BCUT2D eigenvalue weighted by molar-refractivity contribution is 6.10. The van der Waals surface area contributed by atoms with Gasteiger partial charge in [0.25, 0.3) is 5.91 Å². The van der Waals surface area contributed by atoms with Gasteiger partial charge in [-0.2, -0.15) is 5.10 Å². The minimum Gasteiger partial charge on any atom is -0.454 e. The van der Waals surface area contributed by atoms with E-state index in [2.05, 4.69) is 15.7 Å². The van der Waals surface area contributed by atoms with Crippen LogP contribution in [0.1, 0.15) is 33.7 Å². The Hall–Kier alpha value is -4.59. The molecule has 1 aromatic heterocycles. The van der Waals surface area contributed by atoms with Crippen molar-refractivity contribution in [3.05, 3.63) is 95.3 Å². The van der Waals surface area contributed by atoms with Gasteiger partial charge in [0.15, 0.2) is 11.5 Å². The number of carbonyl (C=O) groups is 2. The molecule has 0 saturated heterocycles. The van der Waals surface area contributed by atoms with E-state index in [1.54, 1.807) is 42.5 Å². The van der Waals surface area contributed by atoms with Crippen LogP contribution < -0.4 is 20.1 Å². The Bertz CT molecular complexity index is 1430. The van der Waals surface area contributed by atoms with Gasteiger partial charge in [0, 0.05) is 23.9 Å². The van der Waals surface area contributed by atoms with Gasteiger partial charge in [-0.25, -0.2) is 4.68 Å². The second-order valence-electron chi connectivity index (χ2n) is 8.51. The Morgan fingerprint density at radius 1 is 0.917 bits per heavy atom. The molecule has 2 N–H and O–H groups in total. The fourth-order valence-electron chi connectivity index (χ4n) is 4.27. The maximum Gasteiger partial charge on any atom is 0.257 e. The Morgan fingerprint density at radius 3 is 2.50 bits per heavy atom. The Balaban J connectivity index is 1.25. The maximum atomic E-state index is 13.0. The molecule has 8 heteroatoms. The summed E-state index contributed by atoms with van der Waals surface area (Å²) in [6.45, 7) is 4.12. The zero-order valence-electron chi connectivity index (χ0n) is 20.1. The van der Waals surface area contributed by atoms with Crippen molar-refractivity contribution in [2.24, 2.45) is 0 Å².